The average Bonchev–Trinajstić information content (AvgIpc) is 3.18. The van der Waals surface area contributed by atoms with Gasteiger partial charge in [0.2, 0.25) is 0 Å². The molecule has 0 saturated carbocycles. The third kappa shape index (κ3) is 3.65. The molecular weight excluding hydrogens is 344 g/mol. The van der Waals surface area contributed by atoms with Crippen LogP contribution in [0.5, 0.6) is 0 Å². The highest BCUT2D eigenvalue weighted by atomic mass is 32.1. The zero-order chi connectivity index (χ0) is 18.1. The Morgan fingerprint density at radius 2 is 2.32 bits per heavy atom. The van der Waals surface area contributed by atoms with Crippen LogP contribution in [0.4, 0.5) is 5.95 Å². The van der Waals surface area contributed by atoms with Gasteiger partial charge in [0, 0.05) is 0 Å². The van der Waals surface area contributed by atoms with Gasteiger partial charge < -0.3 is 25.9 Å². The minimum atomic E-state index is -0.620. The Hall–Kier alpha value is -2.04. The van der Waals surface area contributed by atoms with Crippen LogP contribution in [0, 0.1) is 10.6 Å². The first kappa shape index (κ1) is 17.8. The van der Waals surface area contributed by atoms with E-state index in [1.165, 1.54) is 0 Å². The summed E-state index contributed by atoms with van der Waals surface area (Å²) in [6, 6.07) is -0.620. The normalized spacial score (nSPS) is 21.8. The van der Waals surface area contributed by atoms with Crippen molar-refractivity contribution in [3.63, 3.8) is 0 Å². The zero-order valence-corrected chi connectivity index (χ0v) is 15.0. The number of imidazole rings is 1. The molecule has 5 N–H and O–H groups in total. The van der Waals surface area contributed by atoms with Crippen molar-refractivity contribution >= 4 is 35.3 Å². The predicted octanol–water partition coefficient (Wildman–Crippen LogP) is 1.28. The van der Waals surface area contributed by atoms with Gasteiger partial charge in [-0.2, -0.15) is 0 Å². The fourth-order valence-electron chi connectivity index (χ4n) is 2.73. The van der Waals surface area contributed by atoms with E-state index in [0.717, 1.165) is 12.8 Å². The van der Waals surface area contributed by atoms with Gasteiger partial charge in [-0.1, -0.05) is 26.1 Å². The van der Waals surface area contributed by atoms with Gasteiger partial charge in [-0.05, 0) is 18.8 Å². The van der Waals surface area contributed by atoms with Crippen molar-refractivity contribution in [2.24, 2.45) is 11.7 Å². The molecule has 136 valence electrons. The molecule has 0 aliphatic carbocycles. The third-order valence-corrected chi connectivity index (χ3v) is 4.55. The number of hydrogen-bond donors (Lipinski definition) is 3. The number of carbonyl (C=O) groups excluding carboxylic acids is 1. The zero-order valence-electron chi connectivity index (χ0n) is 14.1. The van der Waals surface area contributed by atoms with E-state index in [4.69, 9.17) is 33.2 Å². The molecule has 25 heavy (non-hydrogen) atoms. The summed E-state index contributed by atoms with van der Waals surface area (Å²) < 4.78 is 13.4. The number of nitrogens with zero attached hydrogens (tertiary/aromatic N) is 3. The first-order valence-electron chi connectivity index (χ1n) is 8.16. The Labute approximate surface area is 149 Å². The number of ether oxygens (including phenoxy) is 2. The number of fused-ring (bicyclic) bond motifs is 1. The number of nitrogen functional groups attached to an aromatic ring is 1. The van der Waals surface area contributed by atoms with E-state index in [9.17, 15) is 4.79 Å². The first-order valence-corrected chi connectivity index (χ1v) is 8.57. The van der Waals surface area contributed by atoms with Crippen molar-refractivity contribution in [3.8, 4) is 0 Å². The lowest BCUT2D eigenvalue weighted by molar-refractivity contribution is -0.151. The number of hydrogen-bond acceptors (Lipinski definition) is 8. The molecule has 0 aromatic carbocycles. The van der Waals surface area contributed by atoms with Crippen LogP contribution < -0.4 is 11.5 Å². The summed E-state index contributed by atoms with van der Waals surface area (Å²) in [5.74, 6) is -0.146. The van der Waals surface area contributed by atoms with Crippen molar-refractivity contribution in [2.75, 3.05) is 12.3 Å². The second-order valence-electron chi connectivity index (χ2n) is 6.47. The van der Waals surface area contributed by atoms with Crippen LogP contribution in [0.25, 0.3) is 11.2 Å². The van der Waals surface area contributed by atoms with Crippen molar-refractivity contribution in [3.05, 3.63) is 11.0 Å². The largest absolute Gasteiger partial charge is 0.462 e. The van der Waals surface area contributed by atoms with Crippen molar-refractivity contribution in [1.82, 2.24) is 19.5 Å². The smallest absolute Gasteiger partial charge is 0.323 e. The highest BCUT2D eigenvalue weighted by Crippen LogP contribution is 2.30. The summed E-state index contributed by atoms with van der Waals surface area (Å²) in [4.78, 5) is 23.1. The summed E-state index contributed by atoms with van der Waals surface area (Å²) in [6.45, 7) is 3.94. The first-order chi connectivity index (χ1) is 11.9. The van der Waals surface area contributed by atoms with E-state index in [-0.39, 0.29) is 30.8 Å². The average molecular weight is 366 g/mol. The van der Waals surface area contributed by atoms with Gasteiger partial charge in [0.1, 0.15) is 30.0 Å². The number of esters is 1. The lowest BCUT2D eigenvalue weighted by atomic mass is 10.1. The SMILES string of the molecule is CC(C)C(N)C(=O)OCC1CCC(n2cnc3c(=S)nc(N)[nH]c32)O1. The number of nitrogens with two attached hydrogens (primary N) is 2. The maximum atomic E-state index is 11.8. The van der Waals surface area contributed by atoms with Crippen LogP contribution in [-0.4, -0.2) is 44.2 Å². The number of aromatic amines is 1. The Kier molecular flexibility index (Phi) is 5.02. The Balaban J connectivity index is 1.66. The maximum Gasteiger partial charge on any atom is 0.323 e. The van der Waals surface area contributed by atoms with Crippen LogP contribution in [-0.2, 0) is 14.3 Å². The van der Waals surface area contributed by atoms with E-state index >= 15 is 0 Å². The molecule has 10 heteroatoms. The molecule has 9 nitrogen and oxygen atoms in total. The van der Waals surface area contributed by atoms with Gasteiger partial charge in [0.15, 0.2) is 10.6 Å². The molecule has 0 bridgehead atoms. The number of aromatic nitrogens is 4. The van der Waals surface area contributed by atoms with Gasteiger partial charge in [-0.25, -0.2) is 9.97 Å². The maximum absolute atomic E-state index is 11.8. The van der Waals surface area contributed by atoms with Crippen molar-refractivity contribution in [1.29, 1.82) is 0 Å². The van der Waals surface area contributed by atoms with Crippen LogP contribution >= 0.6 is 12.2 Å². The second-order valence-corrected chi connectivity index (χ2v) is 6.85. The van der Waals surface area contributed by atoms with E-state index in [2.05, 4.69) is 15.0 Å². The molecule has 2 aromatic heterocycles. The van der Waals surface area contributed by atoms with Crippen molar-refractivity contribution in [2.45, 2.75) is 45.1 Å². The lowest BCUT2D eigenvalue weighted by Gasteiger charge is -2.18. The van der Waals surface area contributed by atoms with E-state index < -0.39 is 12.0 Å². The summed E-state index contributed by atoms with van der Waals surface area (Å²) >= 11 is 5.17. The van der Waals surface area contributed by atoms with Gasteiger partial charge in [-0.15, -0.1) is 0 Å². The molecule has 1 aliphatic rings. The molecular formula is C15H22N6O3S. The second kappa shape index (κ2) is 7.06. The molecule has 2 aromatic rings. The molecule has 1 saturated heterocycles. The van der Waals surface area contributed by atoms with Gasteiger partial charge in [-0.3, -0.25) is 9.36 Å². The summed E-state index contributed by atoms with van der Waals surface area (Å²) in [5, 5.41) is 0. The summed E-state index contributed by atoms with van der Waals surface area (Å²) in [6.07, 6.45) is 2.74. The molecule has 3 unspecified atom stereocenters. The summed E-state index contributed by atoms with van der Waals surface area (Å²) in [7, 11) is 0. The molecule has 3 atom stereocenters. The van der Waals surface area contributed by atoms with Crippen LogP contribution in [0.15, 0.2) is 6.33 Å². The molecule has 1 fully saturated rings. The molecule has 3 heterocycles. The highest BCUT2D eigenvalue weighted by Gasteiger charge is 2.30. The monoisotopic (exact) mass is 366 g/mol. The molecule has 0 radical (unpaired) electrons. The van der Waals surface area contributed by atoms with Crippen LogP contribution in [0.1, 0.15) is 32.9 Å². The van der Waals surface area contributed by atoms with Gasteiger partial charge >= 0.3 is 5.97 Å². The standard InChI is InChI=1S/C15H22N6O3S/c1-7(2)10(16)14(22)23-5-8-3-4-9(24-8)21-6-18-11-12(21)19-15(17)20-13(11)25/h6-10H,3-5,16H2,1-2H3,(H3,17,19,20,25). The Morgan fingerprint density at radius 3 is 3.04 bits per heavy atom. The predicted molar refractivity (Wildman–Crippen MR) is 94.0 cm³/mol. The van der Waals surface area contributed by atoms with Crippen molar-refractivity contribution < 1.29 is 14.3 Å². The van der Waals surface area contributed by atoms with Gasteiger partial charge in [0.05, 0.1) is 12.4 Å². The quantitative estimate of drug-likeness (QED) is 0.532. The Morgan fingerprint density at radius 1 is 1.56 bits per heavy atom. The van der Waals surface area contributed by atoms with Crippen LogP contribution in [0.2, 0.25) is 0 Å². The number of rotatable bonds is 5. The molecule has 0 spiro atoms. The van der Waals surface area contributed by atoms with E-state index in [0.29, 0.717) is 15.8 Å². The number of anilines is 1. The minimum absolute atomic E-state index is 0.0317. The number of nitrogens with one attached hydrogen (secondary N) is 1. The minimum Gasteiger partial charge on any atom is -0.462 e. The highest BCUT2D eigenvalue weighted by molar-refractivity contribution is 7.71. The summed E-state index contributed by atoms with van der Waals surface area (Å²) in [5.41, 5.74) is 12.8. The topological polar surface area (TPSA) is 134 Å². The third-order valence-electron chi connectivity index (χ3n) is 4.26. The molecule has 3 rings (SSSR count). The Bertz CT molecular complexity index is 832. The van der Waals surface area contributed by atoms with Gasteiger partial charge in [0.25, 0.3) is 0 Å². The van der Waals surface area contributed by atoms with E-state index in [1.54, 1.807) is 6.33 Å². The number of carbonyl (C=O) groups is 1. The fourth-order valence-corrected chi connectivity index (χ4v) is 2.98. The van der Waals surface area contributed by atoms with E-state index in [1.807, 2.05) is 18.4 Å². The molecule has 1 aliphatic heterocycles. The fraction of sp³-hybridized carbons (Fsp3) is 0.600. The molecule has 0 amide bonds. The lowest BCUT2D eigenvalue weighted by Crippen LogP contribution is -2.38. The number of H-pyrrole nitrogens is 1. The van der Waals surface area contributed by atoms with Crippen LogP contribution in [0.3, 0.4) is 0 Å².